The maximum atomic E-state index is 12.0. The van der Waals surface area contributed by atoms with Gasteiger partial charge in [0.15, 0.2) is 0 Å². The molecule has 1 amide bonds. The molecule has 2 rings (SSSR count). The van der Waals surface area contributed by atoms with E-state index in [2.05, 4.69) is 5.32 Å². The molecule has 0 saturated carbocycles. The van der Waals surface area contributed by atoms with Crippen molar-refractivity contribution in [2.75, 3.05) is 0 Å². The molecule has 2 N–H and O–H groups in total. The van der Waals surface area contributed by atoms with Crippen molar-refractivity contribution in [1.29, 1.82) is 5.26 Å². The van der Waals surface area contributed by atoms with Crippen LogP contribution in [0.5, 0.6) is 5.75 Å². The Bertz CT molecular complexity index is 740. The monoisotopic (exact) mass is 292 g/mol. The number of rotatable bonds is 4. The molecule has 0 aliphatic rings. The lowest BCUT2D eigenvalue weighted by atomic mass is 10.1. The minimum atomic E-state index is -0.466. The van der Waals surface area contributed by atoms with E-state index in [1.807, 2.05) is 37.3 Å². The number of phenolic OH excluding ortho intramolecular Hbond substituents is 1. The second-order valence-electron chi connectivity index (χ2n) is 4.90. The second-order valence-corrected chi connectivity index (χ2v) is 4.90. The van der Waals surface area contributed by atoms with E-state index in [0.29, 0.717) is 12.1 Å². The van der Waals surface area contributed by atoms with Crippen LogP contribution in [0.15, 0.2) is 54.1 Å². The first-order valence-electron chi connectivity index (χ1n) is 6.83. The van der Waals surface area contributed by atoms with Crippen LogP contribution >= 0.6 is 0 Å². The van der Waals surface area contributed by atoms with Crippen LogP contribution in [0, 0.1) is 18.3 Å². The van der Waals surface area contributed by atoms with Crippen LogP contribution in [-0.4, -0.2) is 11.0 Å². The maximum absolute atomic E-state index is 12.0. The van der Waals surface area contributed by atoms with E-state index in [4.69, 9.17) is 5.26 Å². The van der Waals surface area contributed by atoms with Gasteiger partial charge in [-0.15, -0.1) is 0 Å². The molecule has 0 atom stereocenters. The SMILES string of the molecule is Cc1ccc(CNC(=O)/C(C#N)=C\c2ccccc2O)cc1. The summed E-state index contributed by atoms with van der Waals surface area (Å²) < 4.78 is 0. The number of aromatic hydroxyl groups is 1. The maximum Gasteiger partial charge on any atom is 0.262 e. The highest BCUT2D eigenvalue weighted by Crippen LogP contribution is 2.18. The summed E-state index contributed by atoms with van der Waals surface area (Å²) >= 11 is 0. The van der Waals surface area contributed by atoms with E-state index in [9.17, 15) is 9.90 Å². The molecule has 4 nitrogen and oxygen atoms in total. The van der Waals surface area contributed by atoms with E-state index in [1.54, 1.807) is 18.2 Å². The summed E-state index contributed by atoms with van der Waals surface area (Å²) in [6.45, 7) is 2.34. The topological polar surface area (TPSA) is 73.1 Å². The first-order chi connectivity index (χ1) is 10.6. The van der Waals surface area contributed by atoms with E-state index >= 15 is 0 Å². The molecule has 110 valence electrons. The summed E-state index contributed by atoms with van der Waals surface area (Å²) in [4.78, 5) is 12.0. The average Bonchev–Trinajstić information content (AvgIpc) is 2.53. The largest absolute Gasteiger partial charge is 0.507 e. The molecular formula is C18H16N2O2. The fraction of sp³-hybridized carbons (Fsp3) is 0.111. The third-order valence-corrected chi connectivity index (χ3v) is 3.18. The minimum Gasteiger partial charge on any atom is -0.507 e. The van der Waals surface area contributed by atoms with Crippen molar-refractivity contribution in [1.82, 2.24) is 5.32 Å². The molecule has 0 fully saturated rings. The summed E-state index contributed by atoms with van der Waals surface area (Å²) in [6.07, 6.45) is 1.37. The van der Waals surface area contributed by atoms with Crippen molar-refractivity contribution in [3.63, 3.8) is 0 Å². The standard InChI is InChI=1S/C18H16N2O2/c1-13-6-8-14(9-7-13)12-20-18(22)16(11-19)10-15-4-2-3-5-17(15)21/h2-10,21H,12H2,1H3,(H,20,22)/b16-10-. The van der Waals surface area contributed by atoms with Gasteiger partial charge in [0.25, 0.3) is 5.91 Å². The van der Waals surface area contributed by atoms with Crippen LogP contribution < -0.4 is 5.32 Å². The number of hydrogen-bond acceptors (Lipinski definition) is 3. The normalized spacial score (nSPS) is 10.8. The fourth-order valence-corrected chi connectivity index (χ4v) is 1.90. The van der Waals surface area contributed by atoms with Crippen molar-refractivity contribution < 1.29 is 9.90 Å². The number of nitrogens with one attached hydrogen (secondary N) is 1. The van der Waals surface area contributed by atoms with Gasteiger partial charge in [0, 0.05) is 12.1 Å². The Balaban J connectivity index is 2.08. The fourth-order valence-electron chi connectivity index (χ4n) is 1.90. The van der Waals surface area contributed by atoms with Crippen molar-refractivity contribution in [2.45, 2.75) is 13.5 Å². The zero-order chi connectivity index (χ0) is 15.9. The lowest BCUT2D eigenvalue weighted by Crippen LogP contribution is -2.23. The predicted octanol–water partition coefficient (Wildman–Crippen LogP) is 2.92. The molecule has 0 aromatic heterocycles. The molecule has 0 radical (unpaired) electrons. The number of carbonyl (C=O) groups is 1. The Kier molecular flexibility index (Phi) is 4.94. The number of benzene rings is 2. The summed E-state index contributed by atoms with van der Waals surface area (Å²) in [5.74, 6) is -0.437. The molecule has 2 aromatic carbocycles. The molecule has 0 saturated heterocycles. The highest BCUT2D eigenvalue weighted by Gasteiger charge is 2.09. The average molecular weight is 292 g/mol. The van der Waals surface area contributed by atoms with Crippen molar-refractivity contribution >= 4 is 12.0 Å². The molecule has 0 bridgehead atoms. The molecule has 4 heteroatoms. The van der Waals surface area contributed by atoms with E-state index in [-0.39, 0.29) is 11.3 Å². The van der Waals surface area contributed by atoms with Crippen LogP contribution in [0.25, 0.3) is 6.08 Å². The lowest BCUT2D eigenvalue weighted by Gasteiger charge is -2.05. The smallest absolute Gasteiger partial charge is 0.262 e. The van der Waals surface area contributed by atoms with Crippen molar-refractivity contribution in [3.05, 3.63) is 70.8 Å². The van der Waals surface area contributed by atoms with Gasteiger partial charge in [-0.3, -0.25) is 4.79 Å². The van der Waals surface area contributed by atoms with Crippen molar-refractivity contribution in [3.8, 4) is 11.8 Å². The number of amides is 1. The molecular weight excluding hydrogens is 276 g/mol. The first-order valence-corrected chi connectivity index (χ1v) is 6.83. The number of hydrogen-bond donors (Lipinski definition) is 2. The number of nitriles is 1. The zero-order valence-corrected chi connectivity index (χ0v) is 12.2. The summed E-state index contributed by atoms with van der Waals surface area (Å²) in [5, 5.41) is 21.5. The van der Waals surface area contributed by atoms with Crippen molar-refractivity contribution in [2.24, 2.45) is 0 Å². The van der Waals surface area contributed by atoms with Crippen LogP contribution in [0.1, 0.15) is 16.7 Å². The molecule has 0 aliphatic carbocycles. The quantitative estimate of drug-likeness (QED) is 0.672. The van der Waals surface area contributed by atoms with Crippen LogP contribution in [0.2, 0.25) is 0 Å². The van der Waals surface area contributed by atoms with Crippen LogP contribution in [0.4, 0.5) is 0 Å². The van der Waals surface area contributed by atoms with Gasteiger partial charge in [0.2, 0.25) is 0 Å². The number of carbonyl (C=O) groups excluding carboxylic acids is 1. The Morgan fingerprint density at radius 3 is 2.55 bits per heavy atom. The Hall–Kier alpha value is -3.06. The van der Waals surface area contributed by atoms with Gasteiger partial charge in [0.05, 0.1) is 0 Å². The van der Waals surface area contributed by atoms with Gasteiger partial charge in [-0.25, -0.2) is 0 Å². The van der Waals surface area contributed by atoms with Gasteiger partial charge < -0.3 is 10.4 Å². The van der Waals surface area contributed by atoms with Gasteiger partial charge in [-0.1, -0.05) is 48.0 Å². The first kappa shape index (κ1) is 15.3. The predicted molar refractivity (Wildman–Crippen MR) is 84.7 cm³/mol. The summed E-state index contributed by atoms with van der Waals surface area (Å²) in [5.41, 5.74) is 2.49. The summed E-state index contributed by atoms with van der Waals surface area (Å²) in [7, 11) is 0. The highest BCUT2D eigenvalue weighted by molar-refractivity contribution is 6.01. The molecule has 0 aliphatic heterocycles. The Labute approximate surface area is 129 Å². The minimum absolute atomic E-state index is 0.0292. The number of phenols is 1. The lowest BCUT2D eigenvalue weighted by molar-refractivity contribution is -0.117. The molecule has 0 spiro atoms. The van der Waals surface area contributed by atoms with Gasteiger partial charge >= 0.3 is 0 Å². The molecule has 0 heterocycles. The number of nitrogens with zero attached hydrogens (tertiary/aromatic N) is 1. The molecule has 22 heavy (non-hydrogen) atoms. The number of para-hydroxylation sites is 1. The second kappa shape index (κ2) is 7.09. The van der Waals surface area contributed by atoms with E-state index in [1.165, 1.54) is 12.1 Å². The Morgan fingerprint density at radius 1 is 1.23 bits per heavy atom. The van der Waals surface area contributed by atoms with E-state index < -0.39 is 5.91 Å². The Morgan fingerprint density at radius 2 is 1.91 bits per heavy atom. The number of aryl methyl sites for hydroxylation is 1. The third-order valence-electron chi connectivity index (χ3n) is 3.18. The molecule has 0 unspecified atom stereocenters. The third kappa shape index (κ3) is 3.97. The van der Waals surface area contributed by atoms with Gasteiger partial charge in [-0.05, 0) is 24.6 Å². The summed E-state index contributed by atoms with van der Waals surface area (Å²) in [6, 6.07) is 16.2. The van der Waals surface area contributed by atoms with Crippen LogP contribution in [-0.2, 0) is 11.3 Å². The van der Waals surface area contributed by atoms with E-state index in [0.717, 1.165) is 11.1 Å². The highest BCUT2D eigenvalue weighted by atomic mass is 16.3. The zero-order valence-electron chi connectivity index (χ0n) is 12.2. The van der Waals surface area contributed by atoms with Gasteiger partial charge in [0.1, 0.15) is 17.4 Å². The van der Waals surface area contributed by atoms with Gasteiger partial charge in [-0.2, -0.15) is 5.26 Å². The van der Waals surface area contributed by atoms with Crippen LogP contribution in [0.3, 0.4) is 0 Å². The molecule has 2 aromatic rings.